The first kappa shape index (κ1) is 8.31. The number of nitrogen functional groups attached to an aromatic ring is 1. The summed E-state index contributed by atoms with van der Waals surface area (Å²) in [5.74, 6) is 1.15. The van der Waals surface area contributed by atoms with E-state index in [0.29, 0.717) is 24.1 Å². The fraction of sp³-hybridized carbons (Fsp3) is 0.444. The van der Waals surface area contributed by atoms with Crippen molar-refractivity contribution in [3.8, 4) is 5.88 Å². The highest BCUT2D eigenvalue weighted by molar-refractivity contribution is 5.35. The Morgan fingerprint density at radius 3 is 2.92 bits per heavy atom. The SMILES string of the molecule is Nc1ccc(OCC2COC2)nc1. The Kier molecular flexibility index (Phi) is 2.31. The van der Waals surface area contributed by atoms with Crippen LogP contribution in [0.3, 0.4) is 0 Å². The molecule has 13 heavy (non-hydrogen) atoms. The molecule has 2 heterocycles. The van der Waals surface area contributed by atoms with Crippen molar-refractivity contribution in [3.63, 3.8) is 0 Å². The van der Waals surface area contributed by atoms with Gasteiger partial charge < -0.3 is 15.2 Å². The summed E-state index contributed by atoms with van der Waals surface area (Å²) >= 11 is 0. The summed E-state index contributed by atoms with van der Waals surface area (Å²) < 4.78 is 10.4. The van der Waals surface area contributed by atoms with Crippen molar-refractivity contribution in [3.05, 3.63) is 18.3 Å². The largest absolute Gasteiger partial charge is 0.477 e. The molecule has 0 aromatic carbocycles. The number of aromatic nitrogens is 1. The highest BCUT2D eigenvalue weighted by Crippen LogP contribution is 2.13. The highest BCUT2D eigenvalue weighted by atomic mass is 16.5. The number of nitrogens with zero attached hydrogens (tertiary/aromatic N) is 1. The van der Waals surface area contributed by atoms with Crippen LogP contribution in [0.2, 0.25) is 0 Å². The van der Waals surface area contributed by atoms with E-state index in [1.807, 2.05) is 0 Å². The molecule has 0 aliphatic carbocycles. The van der Waals surface area contributed by atoms with Crippen molar-refractivity contribution >= 4 is 5.69 Å². The van der Waals surface area contributed by atoms with Crippen LogP contribution < -0.4 is 10.5 Å². The van der Waals surface area contributed by atoms with E-state index in [4.69, 9.17) is 15.2 Å². The maximum Gasteiger partial charge on any atom is 0.213 e. The van der Waals surface area contributed by atoms with Crippen molar-refractivity contribution < 1.29 is 9.47 Å². The van der Waals surface area contributed by atoms with Gasteiger partial charge in [0.1, 0.15) is 0 Å². The number of hydrogen-bond donors (Lipinski definition) is 1. The molecule has 1 fully saturated rings. The number of nitrogens with two attached hydrogens (primary N) is 1. The van der Waals surface area contributed by atoms with Gasteiger partial charge in [-0.3, -0.25) is 0 Å². The summed E-state index contributed by atoms with van der Waals surface area (Å²) in [6.07, 6.45) is 1.59. The molecule has 4 nitrogen and oxygen atoms in total. The summed E-state index contributed by atoms with van der Waals surface area (Å²) in [5.41, 5.74) is 6.13. The van der Waals surface area contributed by atoms with E-state index in [0.717, 1.165) is 13.2 Å². The van der Waals surface area contributed by atoms with Crippen LogP contribution in [0.1, 0.15) is 0 Å². The number of ether oxygens (including phenoxy) is 2. The average molecular weight is 180 g/mol. The van der Waals surface area contributed by atoms with Crippen LogP contribution in [-0.2, 0) is 4.74 Å². The minimum atomic E-state index is 0.527. The normalized spacial score (nSPS) is 16.6. The molecule has 1 saturated heterocycles. The maximum atomic E-state index is 5.48. The standard InChI is InChI=1S/C9H12N2O2/c10-8-1-2-9(11-3-8)13-6-7-4-12-5-7/h1-3,7H,4-6,10H2. The van der Waals surface area contributed by atoms with Gasteiger partial charge in [0.25, 0.3) is 0 Å². The molecule has 0 unspecified atom stereocenters. The van der Waals surface area contributed by atoms with Gasteiger partial charge in [0.05, 0.1) is 31.7 Å². The average Bonchev–Trinajstić information content (AvgIpc) is 2.05. The summed E-state index contributed by atoms with van der Waals surface area (Å²) in [7, 11) is 0. The van der Waals surface area contributed by atoms with Gasteiger partial charge in [-0.05, 0) is 6.07 Å². The molecule has 0 atom stereocenters. The third kappa shape index (κ3) is 2.09. The smallest absolute Gasteiger partial charge is 0.213 e. The van der Waals surface area contributed by atoms with Crippen molar-refractivity contribution in [2.45, 2.75) is 0 Å². The first-order valence-electron chi connectivity index (χ1n) is 4.26. The Bertz CT molecular complexity index is 269. The van der Waals surface area contributed by atoms with Crippen LogP contribution in [0, 0.1) is 5.92 Å². The van der Waals surface area contributed by atoms with E-state index in [2.05, 4.69) is 4.98 Å². The van der Waals surface area contributed by atoms with Crippen molar-refractivity contribution in [2.24, 2.45) is 5.92 Å². The molecule has 2 rings (SSSR count). The van der Waals surface area contributed by atoms with Gasteiger partial charge in [0.2, 0.25) is 5.88 Å². The lowest BCUT2D eigenvalue weighted by atomic mass is 10.1. The highest BCUT2D eigenvalue weighted by Gasteiger charge is 2.18. The monoisotopic (exact) mass is 180 g/mol. The van der Waals surface area contributed by atoms with E-state index < -0.39 is 0 Å². The van der Waals surface area contributed by atoms with Gasteiger partial charge >= 0.3 is 0 Å². The number of pyridine rings is 1. The summed E-state index contributed by atoms with van der Waals surface area (Å²) in [6, 6.07) is 3.55. The second-order valence-electron chi connectivity index (χ2n) is 3.14. The van der Waals surface area contributed by atoms with E-state index >= 15 is 0 Å². The zero-order valence-corrected chi connectivity index (χ0v) is 7.27. The van der Waals surface area contributed by atoms with Crippen LogP contribution in [0.15, 0.2) is 18.3 Å². The topological polar surface area (TPSA) is 57.4 Å². The van der Waals surface area contributed by atoms with Crippen molar-refractivity contribution in [2.75, 3.05) is 25.6 Å². The summed E-state index contributed by atoms with van der Waals surface area (Å²) in [6.45, 7) is 2.28. The molecule has 4 heteroatoms. The molecule has 1 aliphatic heterocycles. The minimum Gasteiger partial charge on any atom is -0.477 e. The third-order valence-electron chi connectivity index (χ3n) is 1.93. The molecule has 70 valence electrons. The van der Waals surface area contributed by atoms with Gasteiger partial charge in [-0.15, -0.1) is 0 Å². The predicted octanol–water partition coefficient (Wildman–Crippen LogP) is 0.689. The Labute approximate surface area is 76.7 Å². The van der Waals surface area contributed by atoms with E-state index in [9.17, 15) is 0 Å². The van der Waals surface area contributed by atoms with Crippen LogP contribution in [0.4, 0.5) is 5.69 Å². The lowest BCUT2D eigenvalue weighted by molar-refractivity contribution is -0.0514. The molecule has 0 bridgehead atoms. The fourth-order valence-electron chi connectivity index (χ4n) is 1.06. The van der Waals surface area contributed by atoms with Crippen LogP contribution in [-0.4, -0.2) is 24.8 Å². The Morgan fingerprint density at radius 1 is 1.54 bits per heavy atom. The van der Waals surface area contributed by atoms with E-state index in [1.54, 1.807) is 18.3 Å². The molecule has 1 aromatic heterocycles. The van der Waals surface area contributed by atoms with Gasteiger partial charge in [0.15, 0.2) is 0 Å². The van der Waals surface area contributed by atoms with E-state index in [-0.39, 0.29) is 0 Å². The molecule has 1 aromatic rings. The number of rotatable bonds is 3. The first-order chi connectivity index (χ1) is 6.34. The van der Waals surface area contributed by atoms with Gasteiger partial charge in [-0.2, -0.15) is 0 Å². The predicted molar refractivity (Wildman–Crippen MR) is 48.5 cm³/mol. The molecule has 0 amide bonds. The van der Waals surface area contributed by atoms with Crippen LogP contribution >= 0.6 is 0 Å². The Balaban J connectivity index is 1.83. The van der Waals surface area contributed by atoms with Crippen molar-refractivity contribution in [1.29, 1.82) is 0 Å². The number of hydrogen-bond acceptors (Lipinski definition) is 4. The fourth-order valence-corrected chi connectivity index (χ4v) is 1.06. The zero-order valence-electron chi connectivity index (χ0n) is 7.27. The second kappa shape index (κ2) is 3.62. The Morgan fingerprint density at radius 2 is 2.38 bits per heavy atom. The third-order valence-corrected chi connectivity index (χ3v) is 1.93. The van der Waals surface area contributed by atoms with Crippen molar-refractivity contribution in [1.82, 2.24) is 4.98 Å². The van der Waals surface area contributed by atoms with Crippen LogP contribution in [0.25, 0.3) is 0 Å². The summed E-state index contributed by atoms with van der Waals surface area (Å²) in [4.78, 5) is 4.02. The van der Waals surface area contributed by atoms with Gasteiger partial charge in [-0.1, -0.05) is 0 Å². The zero-order chi connectivity index (χ0) is 9.10. The molecular formula is C9H12N2O2. The molecule has 1 aliphatic rings. The van der Waals surface area contributed by atoms with E-state index in [1.165, 1.54) is 0 Å². The van der Waals surface area contributed by atoms with Gasteiger partial charge in [0, 0.05) is 12.0 Å². The lowest BCUT2D eigenvalue weighted by Crippen LogP contribution is -2.32. The van der Waals surface area contributed by atoms with Gasteiger partial charge in [-0.25, -0.2) is 4.98 Å². The van der Waals surface area contributed by atoms with Crippen LogP contribution in [0.5, 0.6) is 5.88 Å². The summed E-state index contributed by atoms with van der Waals surface area (Å²) in [5, 5.41) is 0. The first-order valence-corrected chi connectivity index (χ1v) is 4.26. The Hall–Kier alpha value is -1.29. The molecule has 0 spiro atoms. The molecule has 0 radical (unpaired) electrons. The quantitative estimate of drug-likeness (QED) is 0.743. The number of anilines is 1. The second-order valence-corrected chi connectivity index (χ2v) is 3.14. The molecule has 0 saturated carbocycles. The molecule has 2 N–H and O–H groups in total. The molecular weight excluding hydrogens is 168 g/mol. The maximum absolute atomic E-state index is 5.48. The minimum absolute atomic E-state index is 0.527. The lowest BCUT2D eigenvalue weighted by Gasteiger charge is -2.25.